The third-order valence-corrected chi connectivity index (χ3v) is 13.1. The van der Waals surface area contributed by atoms with Gasteiger partial charge in [-0.25, -0.2) is 0 Å². The lowest BCUT2D eigenvalue weighted by Gasteiger charge is -2.31. The molecule has 0 bridgehead atoms. The van der Waals surface area contributed by atoms with Gasteiger partial charge in [0.15, 0.2) is 0 Å². The average Bonchev–Trinajstić information content (AvgIpc) is 3.81. The summed E-state index contributed by atoms with van der Waals surface area (Å²) in [7, 11) is 0. The molecule has 12 aromatic rings. The van der Waals surface area contributed by atoms with Crippen LogP contribution in [0.5, 0.6) is 0 Å². The van der Waals surface area contributed by atoms with Crippen LogP contribution in [-0.4, -0.2) is 0 Å². The van der Waals surface area contributed by atoms with Crippen molar-refractivity contribution in [1.82, 2.24) is 0 Å². The third kappa shape index (κ3) is 8.13. The molecule has 0 fully saturated rings. The minimum absolute atomic E-state index is 0.888. The molecule has 1 aromatic heterocycles. The molecule has 0 unspecified atom stereocenters. The summed E-state index contributed by atoms with van der Waals surface area (Å²) in [5.74, 6) is 0. The summed E-state index contributed by atoms with van der Waals surface area (Å²) in [5.41, 5.74) is 19.7. The van der Waals surface area contributed by atoms with Gasteiger partial charge in [0.2, 0.25) is 0 Å². The standard InChI is InChI=1S/C66H46N2O/c1-4-16-47(17-5-1)50-28-37-55(38-29-50)67(56-39-30-51(31-40-56)48-18-6-2-7-19-48)63-25-13-10-22-59(63)60-23-11-14-26-64(60)68(57-41-32-52(33-42-57)49-20-8-3-9-21-49)58-43-34-53(35-44-58)54-36-45-62-61-24-12-15-27-65(61)69-66(62)46-54/h1-46H. The third-order valence-electron chi connectivity index (χ3n) is 13.1. The molecule has 0 atom stereocenters. The lowest BCUT2D eigenvalue weighted by atomic mass is 9.97. The quantitative estimate of drug-likeness (QED) is 0.129. The van der Waals surface area contributed by atoms with Gasteiger partial charge in [-0.1, -0.05) is 200 Å². The van der Waals surface area contributed by atoms with Crippen LogP contribution >= 0.6 is 0 Å². The monoisotopic (exact) mass is 882 g/mol. The van der Waals surface area contributed by atoms with Crippen LogP contribution in [0.15, 0.2) is 283 Å². The summed E-state index contributed by atoms with van der Waals surface area (Å²) in [6, 6.07) is 99.8. The number of rotatable bonds is 11. The second-order valence-electron chi connectivity index (χ2n) is 17.3. The Hall–Kier alpha value is -9.18. The van der Waals surface area contributed by atoms with Gasteiger partial charge in [-0.05, 0) is 123 Å². The van der Waals surface area contributed by atoms with Gasteiger partial charge >= 0.3 is 0 Å². The molecule has 1 heterocycles. The molecule has 12 rings (SSSR count). The molecule has 69 heavy (non-hydrogen) atoms. The number of hydrogen-bond donors (Lipinski definition) is 0. The molecular weight excluding hydrogens is 837 g/mol. The van der Waals surface area contributed by atoms with E-state index in [1.165, 1.54) is 33.4 Å². The molecular formula is C66H46N2O. The highest BCUT2D eigenvalue weighted by Crippen LogP contribution is 2.47. The number of benzene rings is 11. The zero-order valence-electron chi connectivity index (χ0n) is 37.9. The maximum Gasteiger partial charge on any atom is 0.136 e. The molecule has 3 nitrogen and oxygen atoms in total. The number of hydrogen-bond acceptors (Lipinski definition) is 3. The highest BCUT2D eigenvalue weighted by molar-refractivity contribution is 6.06. The highest BCUT2D eigenvalue weighted by Gasteiger charge is 2.23. The van der Waals surface area contributed by atoms with Crippen LogP contribution in [0.2, 0.25) is 0 Å². The van der Waals surface area contributed by atoms with Crippen molar-refractivity contribution in [3.63, 3.8) is 0 Å². The molecule has 0 aliphatic rings. The van der Waals surface area contributed by atoms with E-state index in [2.05, 4.69) is 277 Å². The first-order chi connectivity index (χ1) is 34.2. The molecule has 0 aliphatic heterocycles. The maximum absolute atomic E-state index is 6.31. The second kappa shape index (κ2) is 18.2. The van der Waals surface area contributed by atoms with E-state index in [9.17, 15) is 0 Å². The van der Waals surface area contributed by atoms with Crippen LogP contribution in [0.4, 0.5) is 34.1 Å². The smallest absolute Gasteiger partial charge is 0.136 e. The van der Waals surface area contributed by atoms with Gasteiger partial charge < -0.3 is 14.2 Å². The molecule has 3 heteroatoms. The first kappa shape index (κ1) is 41.3. The molecule has 0 saturated carbocycles. The van der Waals surface area contributed by atoms with Crippen molar-refractivity contribution in [1.29, 1.82) is 0 Å². The van der Waals surface area contributed by atoms with E-state index in [4.69, 9.17) is 4.42 Å². The molecule has 11 aromatic carbocycles. The first-order valence-electron chi connectivity index (χ1n) is 23.5. The zero-order chi connectivity index (χ0) is 45.9. The Morgan fingerprint density at radius 2 is 0.522 bits per heavy atom. The summed E-state index contributed by atoms with van der Waals surface area (Å²) in [6.07, 6.45) is 0. The Kier molecular flexibility index (Phi) is 10.9. The summed E-state index contributed by atoms with van der Waals surface area (Å²) in [4.78, 5) is 4.78. The highest BCUT2D eigenvalue weighted by atomic mass is 16.3. The van der Waals surface area contributed by atoms with Gasteiger partial charge in [0.05, 0.1) is 11.4 Å². The van der Waals surface area contributed by atoms with Crippen molar-refractivity contribution in [3.05, 3.63) is 279 Å². The van der Waals surface area contributed by atoms with E-state index in [1.807, 2.05) is 12.1 Å². The van der Waals surface area contributed by atoms with E-state index in [0.29, 0.717) is 0 Å². The van der Waals surface area contributed by atoms with E-state index in [0.717, 1.165) is 78.3 Å². The summed E-state index contributed by atoms with van der Waals surface area (Å²) in [6.45, 7) is 0. The summed E-state index contributed by atoms with van der Waals surface area (Å²) < 4.78 is 6.31. The Labute approximate surface area is 403 Å². The fourth-order valence-corrected chi connectivity index (χ4v) is 9.66. The maximum atomic E-state index is 6.31. The van der Waals surface area contributed by atoms with E-state index >= 15 is 0 Å². The normalized spacial score (nSPS) is 11.2. The van der Waals surface area contributed by atoms with Gasteiger partial charge in [0.1, 0.15) is 11.2 Å². The van der Waals surface area contributed by atoms with Crippen molar-refractivity contribution < 1.29 is 4.42 Å². The van der Waals surface area contributed by atoms with E-state index in [1.54, 1.807) is 0 Å². The fourth-order valence-electron chi connectivity index (χ4n) is 9.66. The topological polar surface area (TPSA) is 19.6 Å². The average molecular weight is 883 g/mol. The molecule has 0 amide bonds. The molecule has 0 saturated heterocycles. The number of nitrogens with zero attached hydrogens (tertiary/aromatic N) is 2. The SMILES string of the molecule is c1ccc(-c2ccc(N(c3ccc(-c4ccccc4)cc3)c3ccccc3-c3ccccc3N(c3ccc(-c4ccccc4)cc3)c3ccc(-c4ccc5c(c4)oc4ccccc45)cc3)cc2)cc1. The van der Waals surface area contributed by atoms with Gasteiger partial charge in [0, 0.05) is 44.6 Å². The lowest BCUT2D eigenvalue weighted by Crippen LogP contribution is -2.13. The molecule has 326 valence electrons. The van der Waals surface area contributed by atoms with Gasteiger partial charge in [-0.2, -0.15) is 0 Å². The summed E-state index contributed by atoms with van der Waals surface area (Å²) >= 11 is 0. The van der Waals surface area contributed by atoms with Crippen molar-refractivity contribution in [2.24, 2.45) is 0 Å². The van der Waals surface area contributed by atoms with Crippen LogP contribution in [0.3, 0.4) is 0 Å². The lowest BCUT2D eigenvalue weighted by molar-refractivity contribution is 0.669. The van der Waals surface area contributed by atoms with E-state index in [-0.39, 0.29) is 0 Å². The zero-order valence-corrected chi connectivity index (χ0v) is 37.9. The number of furan rings is 1. The predicted molar refractivity (Wildman–Crippen MR) is 290 cm³/mol. The Morgan fingerprint density at radius 1 is 0.217 bits per heavy atom. The van der Waals surface area contributed by atoms with Gasteiger partial charge in [0.25, 0.3) is 0 Å². The molecule has 0 spiro atoms. The first-order valence-corrected chi connectivity index (χ1v) is 23.5. The van der Waals surface area contributed by atoms with Crippen molar-refractivity contribution in [3.8, 4) is 55.6 Å². The van der Waals surface area contributed by atoms with Crippen molar-refractivity contribution in [2.75, 3.05) is 9.80 Å². The van der Waals surface area contributed by atoms with Crippen LogP contribution < -0.4 is 9.80 Å². The Bertz CT molecular complexity index is 3590. The summed E-state index contributed by atoms with van der Waals surface area (Å²) in [5, 5.41) is 2.26. The minimum Gasteiger partial charge on any atom is -0.456 e. The largest absolute Gasteiger partial charge is 0.456 e. The Morgan fingerprint density at radius 3 is 0.942 bits per heavy atom. The van der Waals surface area contributed by atoms with Crippen molar-refractivity contribution >= 4 is 56.1 Å². The minimum atomic E-state index is 0.888. The van der Waals surface area contributed by atoms with Crippen LogP contribution in [0, 0.1) is 0 Å². The fraction of sp³-hybridized carbons (Fsp3) is 0. The number of anilines is 6. The number of para-hydroxylation sites is 3. The van der Waals surface area contributed by atoms with E-state index < -0.39 is 0 Å². The van der Waals surface area contributed by atoms with Gasteiger partial charge in [-0.15, -0.1) is 0 Å². The molecule has 0 radical (unpaired) electrons. The second-order valence-corrected chi connectivity index (χ2v) is 17.3. The molecule has 0 N–H and O–H groups in total. The van der Waals surface area contributed by atoms with Gasteiger partial charge in [-0.3, -0.25) is 0 Å². The van der Waals surface area contributed by atoms with Crippen LogP contribution in [-0.2, 0) is 0 Å². The predicted octanol–water partition coefficient (Wildman–Crippen LogP) is 18.9. The number of fused-ring (bicyclic) bond motifs is 3. The Balaban J connectivity index is 0.985. The van der Waals surface area contributed by atoms with Crippen molar-refractivity contribution in [2.45, 2.75) is 0 Å². The van der Waals surface area contributed by atoms with Crippen LogP contribution in [0.1, 0.15) is 0 Å². The van der Waals surface area contributed by atoms with Crippen LogP contribution in [0.25, 0.3) is 77.6 Å². The molecule has 0 aliphatic carbocycles.